The Labute approximate surface area is 112 Å². The Hall–Kier alpha value is -1.79. The monoisotopic (exact) mass is 271 g/mol. The molecule has 1 rings (SSSR count). The predicted molar refractivity (Wildman–Crippen MR) is 68.3 cm³/mol. The van der Waals surface area contributed by atoms with Crippen molar-refractivity contribution in [2.75, 3.05) is 6.54 Å². The Balaban J connectivity index is 2.82. The van der Waals surface area contributed by atoms with Crippen LogP contribution in [0.2, 0.25) is 0 Å². The molecule has 2 unspecified atom stereocenters. The van der Waals surface area contributed by atoms with Crippen molar-refractivity contribution in [2.45, 2.75) is 45.2 Å². The van der Waals surface area contributed by atoms with E-state index in [2.05, 4.69) is 5.32 Å². The molecular formula is C12H21N3O4. The lowest BCUT2D eigenvalue weighted by Gasteiger charge is -2.29. The van der Waals surface area contributed by atoms with Gasteiger partial charge in [-0.05, 0) is 18.8 Å². The fourth-order valence-corrected chi connectivity index (χ4v) is 1.93. The largest absolute Gasteiger partial charge is 0.480 e. The Bertz CT molecular complexity index is 368. The maximum absolute atomic E-state index is 12.4. The summed E-state index contributed by atoms with van der Waals surface area (Å²) in [5.41, 5.74) is 5.08. The van der Waals surface area contributed by atoms with Gasteiger partial charge in [0.15, 0.2) is 0 Å². The van der Waals surface area contributed by atoms with Gasteiger partial charge in [0.2, 0.25) is 5.91 Å². The molecule has 1 aliphatic rings. The average Bonchev–Trinajstić information content (AvgIpc) is 3.15. The molecule has 2 atom stereocenters. The molecule has 0 spiro atoms. The standard InChI is InChI=1S/C12H21N3O4/c1-3-7(2)10(14-12(13)19)11(18)15(6-9(16)17)8-4-5-8/h7-8,10H,3-6H2,1-2H3,(H,16,17)(H3,13,14,19). The maximum atomic E-state index is 12.4. The van der Waals surface area contributed by atoms with E-state index < -0.39 is 18.0 Å². The maximum Gasteiger partial charge on any atom is 0.323 e. The number of nitrogens with two attached hydrogens (primary N) is 1. The number of carbonyl (C=O) groups is 3. The van der Waals surface area contributed by atoms with E-state index in [1.165, 1.54) is 4.90 Å². The minimum absolute atomic E-state index is 0.0233. The van der Waals surface area contributed by atoms with Gasteiger partial charge in [-0.2, -0.15) is 0 Å². The van der Waals surface area contributed by atoms with Crippen molar-refractivity contribution in [3.8, 4) is 0 Å². The number of carboxylic acids is 1. The van der Waals surface area contributed by atoms with Gasteiger partial charge in [-0.25, -0.2) is 4.79 Å². The lowest BCUT2D eigenvalue weighted by Crippen LogP contribution is -2.54. The van der Waals surface area contributed by atoms with E-state index >= 15 is 0 Å². The van der Waals surface area contributed by atoms with E-state index in [1.54, 1.807) is 0 Å². The summed E-state index contributed by atoms with van der Waals surface area (Å²) < 4.78 is 0. The van der Waals surface area contributed by atoms with E-state index in [0.29, 0.717) is 6.42 Å². The van der Waals surface area contributed by atoms with Gasteiger partial charge in [0.05, 0.1) is 0 Å². The molecule has 0 bridgehead atoms. The number of primary amides is 1. The summed E-state index contributed by atoms with van der Waals surface area (Å²) in [6.45, 7) is 3.38. The third-order valence-corrected chi connectivity index (χ3v) is 3.35. The zero-order valence-corrected chi connectivity index (χ0v) is 11.3. The summed E-state index contributed by atoms with van der Waals surface area (Å²) in [6.07, 6.45) is 2.30. The van der Waals surface area contributed by atoms with Crippen molar-refractivity contribution in [2.24, 2.45) is 11.7 Å². The van der Waals surface area contributed by atoms with Crippen LogP contribution in [0.1, 0.15) is 33.1 Å². The topological polar surface area (TPSA) is 113 Å². The summed E-state index contributed by atoms with van der Waals surface area (Å²) in [5, 5.41) is 11.3. The summed E-state index contributed by atoms with van der Waals surface area (Å²) in [7, 11) is 0. The molecule has 0 aromatic rings. The van der Waals surface area contributed by atoms with E-state index in [1.807, 2.05) is 13.8 Å². The number of urea groups is 1. The third kappa shape index (κ3) is 4.42. The highest BCUT2D eigenvalue weighted by atomic mass is 16.4. The molecule has 1 fully saturated rings. The van der Waals surface area contributed by atoms with Crippen molar-refractivity contribution in [3.63, 3.8) is 0 Å². The van der Waals surface area contributed by atoms with Crippen molar-refractivity contribution in [3.05, 3.63) is 0 Å². The van der Waals surface area contributed by atoms with Crippen molar-refractivity contribution in [1.82, 2.24) is 10.2 Å². The number of nitrogens with one attached hydrogen (secondary N) is 1. The molecule has 3 amide bonds. The Kier molecular flexibility index (Phi) is 5.14. The molecule has 0 heterocycles. The highest BCUT2D eigenvalue weighted by Crippen LogP contribution is 2.28. The molecule has 7 heteroatoms. The van der Waals surface area contributed by atoms with Crippen LogP contribution in [0.3, 0.4) is 0 Å². The number of hydrogen-bond donors (Lipinski definition) is 3. The van der Waals surface area contributed by atoms with Gasteiger partial charge in [0.1, 0.15) is 12.6 Å². The Morgan fingerprint density at radius 3 is 2.37 bits per heavy atom. The molecule has 108 valence electrons. The first-order valence-corrected chi connectivity index (χ1v) is 6.45. The van der Waals surface area contributed by atoms with Crippen molar-refractivity contribution in [1.29, 1.82) is 0 Å². The van der Waals surface area contributed by atoms with Gasteiger partial charge in [-0.3, -0.25) is 9.59 Å². The first kappa shape index (κ1) is 15.3. The minimum atomic E-state index is -1.05. The molecule has 0 saturated heterocycles. The number of rotatable bonds is 7. The number of hydrogen-bond acceptors (Lipinski definition) is 3. The number of carboxylic acid groups (broad SMARTS) is 1. The van der Waals surface area contributed by atoms with Crippen LogP contribution in [0.4, 0.5) is 4.79 Å². The zero-order valence-electron chi connectivity index (χ0n) is 11.3. The smallest absolute Gasteiger partial charge is 0.323 e. The SMILES string of the molecule is CCC(C)C(NC(N)=O)C(=O)N(CC(=O)O)C1CC1. The van der Waals surface area contributed by atoms with E-state index in [9.17, 15) is 14.4 Å². The molecule has 1 aliphatic carbocycles. The quantitative estimate of drug-likeness (QED) is 0.611. The lowest BCUT2D eigenvalue weighted by molar-refractivity contribution is -0.146. The summed E-state index contributed by atoms with van der Waals surface area (Å²) in [4.78, 5) is 35.5. The summed E-state index contributed by atoms with van der Waals surface area (Å²) >= 11 is 0. The van der Waals surface area contributed by atoms with Crippen LogP contribution < -0.4 is 11.1 Å². The average molecular weight is 271 g/mol. The number of aliphatic carboxylic acids is 1. The fraction of sp³-hybridized carbons (Fsp3) is 0.750. The molecule has 0 radical (unpaired) electrons. The van der Waals surface area contributed by atoms with E-state index in [4.69, 9.17) is 10.8 Å². The highest BCUT2D eigenvalue weighted by molar-refractivity contribution is 5.89. The van der Waals surface area contributed by atoms with E-state index in [0.717, 1.165) is 12.8 Å². The first-order valence-electron chi connectivity index (χ1n) is 6.45. The van der Waals surface area contributed by atoms with Gasteiger partial charge in [0, 0.05) is 6.04 Å². The van der Waals surface area contributed by atoms with E-state index in [-0.39, 0.29) is 24.4 Å². The van der Waals surface area contributed by atoms with Crippen LogP contribution in [-0.2, 0) is 9.59 Å². The second-order valence-corrected chi connectivity index (χ2v) is 4.96. The van der Waals surface area contributed by atoms with Crippen LogP contribution >= 0.6 is 0 Å². The van der Waals surface area contributed by atoms with Gasteiger partial charge in [-0.1, -0.05) is 20.3 Å². The molecule has 0 aliphatic heterocycles. The number of carbonyl (C=O) groups excluding carboxylic acids is 2. The van der Waals surface area contributed by atoms with Crippen LogP contribution in [-0.4, -0.2) is 46.5 Å². The normalized spacial score (nSPS) is 17.4. The summed E-state index contributed by atoms with van der Waals surface area (Å²) in [6, 6.07) is -1.56. The molecule has 7 nitrogen and oxygen atoms in total. The Morgan fingerprint density at radius 1 is 1.42 bits per heavy atom. The molecular weight excluding hydrogens is 250 g/mol. The highest BCUT2D eigenvalue weighted by Gasteiger charge is 2.38. The predicted octanol–water partition coefficient (Wildman–Crippen LogP) is 0.145. The number of nitrogens with zero attached hydrogens (tertiary/aromatic N) is 1. The van der Waals surface area contributed by atoms with Crippen molar-refractivity contribution < 1.29 is 19.5 Å². The van der Waals surface area contributed by atoms with Crippen LogP contribution in [0.15, 0.2) is 0 Å². The number of amides is 3. The third-order valence-electron chi connectivity index (χ3n) is 3.35. The molecule has 19 heavy (non-hydrogen) atoms. The fourth-order valence-electron chi connectivity index (χ4n) is 1.93. The molecule has 1 saturated carbocycles. The van der Waals surface area contributed by atoms with Gasteiger partial charge in [0.25, 0.3) is 0 Å². The van der Waals surface area contributed by atoms with Gasteiger partial charge in [-0.15, -0.1) is 0 Å². The second kappa shape index (κ2) is 6.40. The Morgan fingerprint density at radius 2 is 2.00 bits per heavy atom. The summed E-state index contributed by atoms with van der Waals surface area (Å²) in [5.74, 6) is -1.52. The van der Waals surface area contributed by atoms with Crippen LogP contribution in [0, 0.1) is 5.92 Å². The van der Waals surface area contributed by atoms with Gasteiger partial charge < -0.3 is 21.1 Å². The molecule has 0 aromatic heterocycles. The molecule has 0 aromatic carbocycles. The lowest BCUT2D eigenvalue weighted by atomic mass is 9.98. The molecule has 4 N–H and O–H groups in total. The van der Waals surface area contributed by atoms with Crippen LogP contribution in [0.5, 0.6) is 0 Å². The van der Waals surface area contributed by atoms with Crippen molar-refractivity contribution >= 4 is 17.9 Å². The van der Waals surface area contributed by atoms with Crippen LogP contribution in [0.25, 0.3) is 0 Å². The zero-order chi connectivity index (χ0) is 14.6. The second-order valence-electron chi connectivity index (χ2n) is 4.96. The minimum Gasteiger partial charge on any atom is -0.480 e. The first-order chi connectivity index (χ1) is 8.86. The van der Waals surface area contributed by atoms with Gasteiger partial charge >= 0.3 is 12.0 Å².